The lowest BCUT2D eigenvalue weighted by Gasteiger charge is -2.18. The zero-order valence-electron chi connectivity index (χ0n) is 16.4. The van der Waals surface area contributed by atoms with Crippen LogP contribution in [0.2, 0.25) is 5.02 Å². The van der Waals surface area contributed by atoms with Gasteiger partial charge < -0.3 is 21.1 Å². The molecule has 1 unspecified atom stereocenters. The number of hydrogen-bond acceptors (Lipinski definition) is 5. The lowest BCUT2D eigenvalue weighted by molar-refractivity contribution is -0.118. The van der Waals surface area contributed by atoms with Crippen LogP contribution < -0.4 is 25.8 Å². The molecule has 2 aromatic carbocycles. The van der Waals surface area contributed by atoms with Gasteiger partial charge in [0.25, 0.3) is 10.0 Å². The molecule has 0 aliphatic rings. The van der Waals surface area contributed by atoms with Crippen molar-refractivity contribution in [3.63, 3.8) is 0 Å². The Morgan fingerprint density at radius 1 is 1.13 bits per heavy atom. The summed E-state index contributed by atoms with van der Waals surface area (Å²) in [6.45, 7) is 1.85. The van der Waals surface area contributed by atoms with Crippen LogP contribution >= 0.6 is 11.6 Å². The number of rotatable bonds is 9. The minimum atomic E-state index is -4.04. The number of sulfonamides is 1. The third kappa shape index (κ3) is 6.26. The first-order valence-corrected chi connectivity index (χ1v) is 10.9. The SMILES string of the molecule is CCCC(NC(N)=O)C(=O)Nc1ccc(OC)c(S(=O)(=O)Nc2ccc(Cl)cc2)c1. The van der Waals surface area contributed by atoms with Crippen molar-refractivity contribution in [2.24, 2.45) is 5.73 Å². The Kier molecular flexibility index (Phi) is 7.90. The van der Waals surface area contributed by atoms with Crippen LogP contribution in [0.25, 0.3) is 0 Å². The second-order valence-corrected chi connectivity index (χ2v) is 8.40. The van der Waals surface area contributed by atoms with Crippen molar-refractivity contribution in [3.05, 3.63) is 47.5 Å². The number of halogens is 1. The molecular formula is C19H23ClN4O5S. The van der Waals surface area contributed by atoms with Gasteiger partial charge in [-0.15, -0.1) is 0 Å². The number of carbonyl (C=O) groups excluding carboxylic acids is 2. The predicted octanol–water partition coefficient (Wildman–Crippen LogP) is 2.92. The Hall–Kier alpha value is -2.98. The molecule has 0 bridgehead atoms. The molecule has 162 valence electrons. The molecule has 0 saturated carbocycles. The number of urea groups is 1. The number of ether oxygens (including phenoxy) is 1. The lowest BCUT2D eigenvalue weighted by atomic mass is 10.1. The fourth-order valence-electron chi connectivity index (χ4n) is 2.65. The quantitative estimate of drug-likeness (QED) is 0.461. The Morgan fingerprint density at radius 2 is 1.77 bits per heavy atom. The van der Waals surface area contributed by atoms with Crippen molar-refractivity contribution in [3.8, 4) is 5.75 Å². The number of nitrogens with two attached hydrogens (primary N) is 1. The molecule has 0 aliphatic carbocycles. The van der Waals surface area contributed by atoms with E-state index in [0.717, 1.165) is 0 Å². The van der Waals surface area contributed by atoms with Gasteiger partial charge in [-0.05, 0) is 48.9 Å². The molecule has 2 aromatic rings. The van der Waals surface area contributed by atoms with Gasteiger partial charge in [0.1, 0.15) is 16.7 Å². The Labute approximate surface area is 180 Å². The highest BCUT2D eigenvalue weighted by atomic mass is 35.5. The zero-order valence-corrected chi connectivity index (χ0v) is 18.0. The van der Waals surface area contributed by atoms with Crippen molar-refractivity contribution < 1.29 is 22.7 Å². The van der Waals surface area contributed by atoms with Crippen LogP contribution in [0.3, 0.4) is 0 Å². The van der Waals surface area contributed by atoms with Crippen molar-refractivity contribution in [2.45, 2.75) is 30.7 Å². The van der Waals surface area contributed by atoms with Crippen LogP contribution in [0.5, 0.6) is 5.75 Å². The number of hydrogen-bond donors (Lipinski definition) is 4. The summed E-state index contributed by atoms with van der Waals surface area (Å²) in [5.41, 5.74) is 5.64. The Balaban J connectivity index is 2.30. The number of amides is 3. The molecule has 0 aromatic heterocycles. The molecule has 0 heterocycles. The van der Waals surface area contributed by atoms with Crippen LogP contribution in [0.4, 0.5) is 16.2 Å². The van der Waals surface area contributed by atoms with Gasteiger partial charge >= 0.3 is 6.03 Å². The number of nitrogens with one attached hydrogen (secondary N) is 3. The summed E-state index contributed by atoms with van der Waals surface area (Å²) < 4.78 is 33.3. The molecule has 30 heavy (non-hydrogen) atoms. The summed E-state index contributed by atoms with van der Waals surface area (Å²) in [5.74, 6) is -0.426. The third-order valence-electron chi connectivity index (χ3n) is 4.03. The Bertz CT molecular complexity index is 1010. The van der Waals surface area contributed by atoms with Gasteiger partial charge in [-0.3, -0.25) is 9.52 Å². The van der Waals surface area contributed by atoms with Crippen molar-refractivity contribution >= 4 is 44.9 Å². The molecule has 9 nitrogen and oxygen atoms in total. The van der Waals surface area contributed by atoms with Crippen LogP contribution in [-0.2, 0) is 14.8 Å². The van der Waals surface area contributed by atoms with Crippen LogP contribution in [0, 0.1) is 0 Å². The molecule has 0 radical (unpaired) electrons. The molecule has 11 heteroatoms. The van der Waals surface area contributed by atoms with Gasteiger partial charge in [-0.1, -0.05) is 24.9 Å². The van der Waals surface area contributed by atoms with Crippen LogP contribution in [-0.4, -0.2) is 33.5 Å². The third-order valence-corrected chi connectivity index (χ3v) is 5.68. The lowest BCUT2D eigenvalue weighted by Crippen LogP contribution is -2.46. The fraction of sp³-hybridized carbons (Fsp3) is 0.263. The fourth-order valence-corrected chi connectivity index (χ4v) is 4.03. The number of primary amides is 1. The first-order chi connectivity index (χ1) is 14.2. The second-order valence-electron chi connectivity index (χ2n) is 6.32. The minimum absolute atomic E-state index is 0.0924. The van der Waals surface area contributed by atoms with Gasteiger partial charge in [0.2, 0.25) is 5.91 Å². The molecule has 2 rings (SSSR count). The van der Waals surface area contributed by atoms with E-state index >= 15 is 0 Å². The van der Waals surface area contributed by atoms with Crippen LogP contribution in [0.1, 0.15) is 19.8 Å². The summed E-state index contributed by atoms with van der Waals surface area (Å²) in [6, 6.07) is 8.64. The molecular weight excluding hydrogens is 432 g/mol. The average molecular weight is 455 g/mol. The normalized spacial score (nSPS) is 12.0. The minimum Gasteiger partial charge on any atom is -0.495 e. The van der Waals surface area contributed by atoms with Gasteiger partial charge in [0, 0.05) is 16.4 Å². The van der Waals surface area contributed by atoms with Crippen molar-refractivity contribution in [2.75, 3.05) is 17.1 Å². The van der Waals surface area contributed by atoms with Gasteiger partial charge in [0.05, 0.1) is 7.11 Å². The number of carbonyl (C=O) groups is 2. The van der Waals surface area contributed by atoms with E-state index in [4.69, 9.17) is 22.1 Å². The highest BCUT2D eigenvalue weighted by Crippen LogP contribution is 2.29. The molecule has 1 atom stereocenters. The van der Waals surface area contributed by atoms with E-state index in [0.29, 0.717) is 23.6 Å². The maximum absolute atomic E-state index is 12.9. The van der Waals surface area contributed by atoms with E-state index in [9.17, 15) is 18.0 Å². The van der Waals surface area contributed by atoms with E-state index in [1.165, 1.54) is 37.4 Å². The summed E-state index contributed by atoms with van der Waals surface area (Å²) in [7, 11) is -2.70. The molecule has 0 aliphatic heterocycles. The summed E-state index contributed by atoms with van der Waals surface area (Å²) in [6.07, 6.45) is 1.000. The standard InChI is InChI=1S/C19H23ClN4O5S/c1-3-4-15(23-19(21)26)18(25)22-14-9-10-16(29-2)17(11-14)30(27,28)24-13-7-5-12(20)6-8-13/h5-11,15,24H,3-4H2,1-2H3,(H,22,25)(H3,21,23,26). The van der Waals surface area contributed by atoms with Gasteiger partial charge in [-0.25, -0.2) is 13.2 Å². The van der Waals surface area contributed by atoms with E-state index < -0.39 is 28.0 Å². The summed E-state index contributed by atoms with van der Waals surface area (Å²) >= 11 is 5.82. The molecule has 0 saturated heterocycles. The highest BCUT2D eigenvalue weighted by molar-refractivity contribution is 7.92. The number of benzene rings is 2. The van der Waals surface area contributed by atoms with Gasteiger partial charge in [0.15, 0.2) is 0 Å². The van der Waals surface area contributed by atoms with Crippen LogP contribution in [0.15, 0.2) is 47.4 Å². The Morgan fingerprint density at radius 3 is 2.33 bits per heavy atom. The zero-order chi connectivity index (χ0) is 22.3. The molecule has 3 amide bonds. The summed E-state index contributed by atoms with van der Waals surface area (Å²) in [4.78, 5) is 23.4. The monoisotopic (exact) mass is 454 g/mol. The largest absolute Gasteiger partial charge is 0.495 e. The molecule has 0 spiro atoms. The topological polar surface area (TPSA) is 140 Å². The van der Waals surface area contributed by atoms with Gasteiger partial charge in [-0.2, -0.15) is 0 Å². The van der Waals surface area contributed by atoms with E-state index in [2.05, 4.69) is 15.4 Å². The second kappa shape index (κ2) is 10.2. The van der Waals surface area contributed by atoms with Crippen molar-refractivity contribution in [1.82, 2.24) is 5.32 Å². The maximum atomic E-state index is 12.9. The smallest absolute Gasteiger partial charge is 0.312 e. The molecule has 5 N–H and O–H groups in total. The van der Waals surface area contributed by atoms with E-state index in [-0.39, 0.29) is 16.3 Å². The first-order valence-electron chi connectivity index (χ1n) is 8.99. The predicted molar refractivity (Wildman–Crippen MR) is 115 cm³/mol. The highest BCUT2D eigenvalue weighted by Gasteiger charge is 2.23. The number of methoxy groups -OCH3 is 1. The number of anilines is 2. The summed E-state index contributed by atoms with van der Waals surface area (Å²) in [5, 5.41) is 5.42. The van der Waals surface area contributed by atoms with Crippen molar-refractivity contribution in [1.29, 1.82) is 0 Å². The average Bonchev–Trinajstić information content (AvgIpc) is 2.69. The maximum Gasteiger partial charge on any atom is 0.312 e. The van der Waals surface area contributed by atoms with E-state index in [1.54, 1.807) is 12.1 Å². The molecule has 0 fully saturated rings. The van der Waals surface area contributed by atoms with E-state index in [1.807, 2.05) is 6.92 Å². The first kappa shape index (κ1) is 23.3.